The highest BCUT2D eigenvalue weighted by Gasteiger charge is 2.34. The Morgan fingerprint density at radius 1 is 1.04 bits per heavy atom. The molecule has 1 aliphatic heterocycles. The lowest BCUT2D eigenvalue weighted by Crippen LogP contribution is -2.38. The molecule has 3 aromatic rings. The number of benzene rings is 3. The van der Waals surface area contributed by atoms with Crippen molar-refractivity contribution < 1.29 is 9.59 Å². The zero-order valence-electron chi connectivity index (χ0n) is 14.7. The molecule has 0 fully saturated rings. The molecule has 4 rings (SSSR count). The van der Waals surface area contributed by atoms with Gasteiger partial charge in [-0.3, -0.25) is 9.59 Å². The van der Waals surface area contributed by atoms with Gasteiger partial charge in [0, 0.05) is 26.3 Å². The summed E-state index contributed by atoms with van der Waals surface area (Å²) >= 11 is 9.65. The van der Waals surface area contributed by atoms with Crippen LogP contribution < -0.4 is 5.32 Å². The number of nitrogens with zero attached hydrogens (tertiary/aromatic N) is 1. The van der Waals surface area contributed by atoms with Crippen LogP contribution >= 0.6 is 27.5 Å². The van der Waals surface area contributed by atoms with E-state index in [0.717, 1.165) is 15.6 Å². The number of halogens is 2. The summed E-state index contributed by atoms with van der Waals surface area (Å²) in [4.78, 5) is 27.5. The molecule has 1 N–H and O–H groups in total. The monoisotopic (exact) mass is 454 g/mol. The Balaban J connectivity index is 1.88. The molecule has 0 bridgehead atoms. The van der Waals surface area contributed by atoms with Gasteiger partial charge in [-0.05, 0) is 48.0 Å². The molecule has 3 aromatic carbocycles. The minimum absolute atomic E-state index is 0.0548. The average Bonchev–Trinajstić information content (AvgIpc) is 2.84. The van der Waals surface area contributed by atoms with Crippen molar-refractivity contribution in [3.8, 4) is 0 Å². The lowest BCUT2D eigenvalue weighted by Gasteiger charge is -2.30. The highest BCUT2D eigenvalue weighted by atomic mass is 79.9. The lowest BCUT2D eigenvalue weighted by atomic mass is 9.95. The maximum atomic E-state index is 13.4. The number of nitrogens with one attached hydrogen (secondary N) is 1. The van der Waals surface area contributed by atoms with Crippen LogP contribution in [0.25, 0.3) is 0 Å². The van der Waals surface area contributed by atoms with E-state index < -0.39 is 6.04 Å². The Kier molecular flexibility index (Phi) is 5.20. The lowest BCUT2D eigenvalue weighted by molar-refractivity contribution is -0.117. The maximum Gasteiger partial charge on any atom is 0.255 e. The fourth-order valence-corrected chi connectivity index (χ4v) is 3.86. The maximum absolute atomic E-state index is 13.4. The summed E-state index contributed by atoms with van der Waals surface area (Å²) in [6, 6.07) is 21.7. The molecular formula is C22H16BrClN2O2. The number of fused-ring (bicyclic) bond motifs is 1. The summed E-state index contributed by atoms with van der Waals surface area (Å²) in [5.41, 5.74) is 2.87. The minimum atomic E-state index is -0.440. The van der Waals surface area contributed by atoms with E-state index in [-0.39, 0.29) is 18.4 Å². The first-order valence-corrected chi connectivity index (χ1v) is 9.91. The van der Waals surface area contributed by atoms with E-state index in [9.17, 15) is 9.59 Å². The average molecular weight is 456 g/mol. The quantitative estimate of drug-likeness (QED) is 0.571. The van der Waals surface area contributed by atoms with Gasteiger partial charge in [0.2, 0.25) is 5.91 Å². The van der Waals surface area contributed by atoms with Gasteiger partial charge in [0.15, 0.2) is 0 Å². The fourth-order valence-electron chi connectivity index (χ4n) is 3.42. The van der Waals surface area contributed by atoms with Crippen molar-refractivity contribution in [2.75, 3.05) is 11.9 Å². The number of rotatable bonds is 2. The van der Waals surface area contributed by atoms with Gasteiger partial charge < -0.3 is 10.2 Å². The van der Waals surface area contributed by atoms with Crippen LogP contribution in [0.2, 0.25) is 5.02 Å². The third-order valence-corrected chi connectivity index (χ3v) is 5.44. The summed E-state index contributed by atoms with van der Waals surface area (Å²) in [5, 5.41) is 3.44. The van der Waals surface area contributed by atoms with Crippen LogP contribution in [0.5, 0.6) is 0 Å². The predicted molar refractivity (Wildman–Crippen MR) is 114 cm³/mol. The van der Waals surface area contributed by atoms with E-state index in [1.165, 1.54) is 0 Å². The highest BCUT2D eigenvalue weighted by Crippen LogP contribution is 2.37. The summed E-state index contributed by atoms with van der Waals surface area (Å²) in [7, 11) is 0. The van der Waals surface area contributed by atoms with Crippen LogP contribution in [0.4, 0.5) is 5.69 Å². The second-order valence-corrected chi connectivity index (χ2v) is 7.89. The Hall–Kier alpha value is -2.63. The molecule has 0 unspecified atom stereocenters. The smallest absolute Gasteiger partial charge is 0.255 e. The Bertz CT molecular complexity index is 1040. The predicted octanol–water partition coefficient (Wildman–Crippen LogP) is 5.29. The molecule has 0 saturated heterocycles. The third-order valence-electron chi connectivity index (χ3n) is 4.68. The van der Waals surface area contributed by atoms with Gasteiger partial charge >= 0.3 is 0 Å². The zero-order chi connectivity index (χ0) is 19.7. The molecule has 0 radical (unpaired) electrons. The first-order chi connectivity index (χ1) is 13.5. The van der Waals surface area contributed by atoms with Crippen molar-refractivity contribution in [1.82, 2.24) is 4.90 Å². The van der Waals surface area contributed by atoms with E-state index in [1.807, 2.05) is 48.5 Å². The minimum Gasteiger partial charge on any atom is -0.324 e. The van der Waals surface area contributed by atoms with Gasteiger partial charge in [0.1, 0.15) is 6.54 Å². The first kappa shape index (κ1) is 18.7. The Morgan fingerprint density at radius 2 is 1.75 bits per heavy atom. The number of amides is 2. The largest absolute Gasteiger partial charge is 0.324 e. The molecule has 1 heterocycles. The van der Waals surface area contributed by atoms with E-state index in [0.29, 0.717) is 16.3 Å². The van der Waals surface area contributed by atoms with Crippen molar-refractivity contribution in [2.24, 2.45) is 0 Å². The normalized spacial score (nSPS) is 16.1. The van der Waals surface area contributed by atoms with Crippen LogP contribution in [0.1, 0.15) is 27.5 Å². The second-order valence-electron chi connectivity index (χ2n) is 6.53. The van der Waals surface area contributed by atoms with E-state index in [1.54, 1.807) is 29.2 Å². The topological polar surface area (TPSA) is 49.4 Å². The van der Waals surface area contributed by atoms with E-state index >= 15 is 0 Å². The summed E-state index contributed by atoms with van der Waals surface area (Å²) in [6.07, 6.45) is 0. The Morgan fingerprint density at radius 3 is 2.46 bits per heavy atom. The highest BCUT2D eigenvalue weighted by molar-refractivity contribution is 9.10. The molecule has 0 aromatic heterocycles. The Labute approximate surface area is 176 Å². The molecule has 28 heavy (non-hydrogen) atoms. The molecule has 6 heteroatoms. The van der Waals surface area contributed by atoms with Gasteiger partial charge in [-0.15, -0.1) is 0 Å². The molecule has 140 valence electrons. The van der Waals surface area contributed by atoms with Crippen LogP contribution in [0, 0.1) is 0 Å². The van der Waals surface area contributed by atoms with Crippen molar-refractivity contribution in [3.63, 3.8) is 0 Å². The first-order valence-electron chi connectivity index (χ1n) is 8.74. The van der Waals surface area contributed by atoms with Crippen LogP contribution in [0.3, 0.4) is 0 Å². The van der Waals surface area contributed by atoms with Gasteiger partial charge in [-0.1, -0.05) is 57.9 Å². The van der Waals surface area contributed by atoms with Crippen molar-refractivity contribution in [3.05, 3.63) is 99.0 Å². The van der Waals surface area contributed by atoms with Gasteiger partial charge in [0.05, 0.1) is 6.04 Å². The van der Waals surface area contributed by atoms with Crippen LogP contribution in [-0.4, -0.2) is 23.3 Å². The molecular weight excluding hydrogens is 440 g/mol. The van der Waals surface area contributed by atoms with Crippen molar-refractivity contribution in [2.45, 2.75) is 6.04 Å². The number of anilines is 1. The second kappa shape index (κ2) is 7.78. The number of carbonyl (C=O) groups is 2. The fraction of sp³-hybridized carbons (Fsp3) is 0.0909. The third kappa shape index (κ3) is 3.68. The molecule has 0 saturated carbocycles. The summed E-state index contributed by atoms with van der Waals surface area (Å²) in [6.45, 7) is -0.0548. The van der Waals surface area contributed by atoms with Gasteiger partial charge in [0.25, 0.3) is 5.91 Å². The number of hydrogen-bond donors (Lipinski definition) is 1. The summed E-state index contributed by atoms with van der Waals surface area (Å²) in [5.74, 6) is -0.461. The SMILES string of the molecule is O=C1CN(C(=O)c2ccc(Br)cc2)[C@H](c2ccccc2)c2cc(Cl)ccc2N1. The number of carbonyl (C=O) groups excluding carboxylic acids is 2. The zero-order valence-corrected chi connectivity index (χ0v) is 17.1. The van der Waals surface area contributed by atoms with Crippen molar-refractivity contribution in [1.29, 1.82) is 0 Å². The molecule has 4 nitrogen and oxygen atoms in total. The van der Waals surface area contributed by atoms with Gasteiger partial charge in [-0.25, -0.2) is 0 Å². The van der Waals surface area contributed by atoms with E-state index in [2.05, 4.69) is 21.2 Å². The standard InChI is InChI=1S/C22H16BrClN2O2/c23-16-8-6-15(7-9-16)22(28)26-13-20(27)25-19-11-10-17(24)12-18(19)21(26)14-4-2-1-3-5-14/h1-12,21H,13H2,(H,25,27)/t21-/m1/s1. The molecule has 0 spiro atoms. The molecule has 0 aliphatic carbocycles. The molecule has 1 aliphatic rings. The van der Waals surface area contributed by atoms with Crippen LogP contribution in [-0.2, 0) is 4.79 Å². The van der Waals surface area contributed by atoms with Crippen LogP contribution in [0.15, 0.2) is 77.3 Å². The van der Waals surface area contributed by atoms with E-state index in [4.69, 9.17) is 11.6 Å². The molecule has 2 amide bonds. The molecule has 1 atom stereocenters. The summed E-state index contributed by atoms with van der Waals surface area (Å²) < 4.78 is 0.884. The number of hydrogen-bond acceptors (Lipinski definition) is 2. The van der Waals surface area contributed by atoms with Crippen molar-refractivity contribution >= 4 is 45.0 Å². The van der Waals surface area contributed by atoms with Gasteiger partial charge in [-0.2, -0.15) is 0 Å².